The van der Waals surface area contributed by atoms with Gasteiger partial charge in [-0.2, -0.15) is 5.10 Å². The molecule has 1 aliphatic heterocycles. The van der Waals surface area contributed by atoms with Gasteiger partial charge in [0.25, 0.3) is 5.91 Å². The zero-order valence-corrected chi connectivity index (χ0v) is 17.1. The zero-order valence-electron chi connectivity index (χ0n) is 17.1. The largest absolute Gasteiger partial charge is 0.349 e. The lowest BCUT2D eigenvalue weighted by atomic mass is 9.90. The van der Waals surface area contributed by atoms with Crippen molar-refractivity contribution in [3.05, 3.63) is 47.3 Å². The Morgan fingerprint density at radius 3 is 2.69 bits per heavy atom. The highest BCUT2D eigenvalue weighted by Gasteiger charge is 2.34. The number of anilines is 1. The van der Waals surface area contributed by atoms with Crippen molar-refractivity contribution in [2.75, 3.05) is 18.4 Å². The van der Waals surface area contributed by atoms with Crippen molar-refractivity contribution >= 4 is 17.5 Å². The fraction of sp³-hybridized carbons (Fsp3) is 0.500. The Balaban J connectivity index is 1.42. The van der Waals surface area contributed by atoms with E-state index in [1.165, 1.54) is 12.8 Å². The van der Waals surface area contributed by atoms with E-state index in [0.717, 1.165) is 36.2 Å². The fourth-order valence-electron chi connectivity index (χ4n) is 4.45. The first-order valence-electron chi connectivity index (χ1n) is 10.4. The predicted molar refractivity (Wildman–Crippen MR) is 112 cm³/mol. The number of carbonyl (C=O) groups excluding carboxylic acids is 2. The molecule has 1 aromatic heterocycles. The first-order chi connectivity index (χ1) is 14.0. The van der Waals surface area contributed by atoms with Crippen LogP contribution in [0.4, 0.5) is 5.69 Å². The standard InChI is InChI=1S/C22H29N5O2/c1-14-9-15(21(28)25-17-5-3-4-6-17)7-8-20(14)26-22(29)19-12-23-11-18(19)16-10-24-27(2)13-16/h7-10,13,17-19,23H,3-6,11-12H2,1-2H3,(H,25,28)(H,26,29)/t18-,19+/m1/s1. The molecule has 0 unspecified atom stereocenters. The molecule has 0 radical (unpaired) electrons. The summed E-state index contributed by atoms with van der Waals surface area (Å²) >= 11 is 0. The van der Waals surface area contributed by atoms with Crippen LogP contribution in [-0.4, -0.2) is 40.7 Å². The Morgan fingerprint density at radius 1 is 1.21 bits per heavy atom. The van der Waals surface area contributed by atoms with Gasteiger partial charge >= 0.3 is 0 Å². The van der Waals surface area contributed by atoms with Gasteiger partial charge in [0.1, 0.15) is 0 Å². The molecule has 1 saturated heterocycles. The minimum atomic E-state index is -0.149. The quantitative estimate of drug-likeness (QED) is 0.725. The van der Waals surface area contributed by atoms with Crippen LogP contribution in [-0.2, 0) is 11.8 Å². The number of hydrogen-bond acceptors (Lipinski definition) is 4. The number of hydrogen-bond donors (Lipinski definition) is 3. The van der Waals surface area contributed by atoms with Crippen LogP contribution in [0.2, 0.25) is 0 Å². The van der Waals surface area contributed by atoms with Crippen LogP contribution in [0, 0.1) is 12.8 Å². The molecule has 0 bridgehead atoms. The van der Waals surface area contributed by atoms with E-state index in [0.29, 0.717) is 18.2 Å². The summed E-state index contributed by atoms with van der Waals surface area (Å²) in [6.45, 7) is 3.34. The maximum absolute atomic E-state index is 12.9. The Bertz CT molecular complexity index is 900. The lowest BCUT2D eigenvalue weighted by Gasteiger charge is -2.18. The molecular weight excluding hydrogens is 366 g/mol. The first-order valence-corrected chi connectivity index (χ1v) is 10.4. The summed E-state index contributed by atoms with van der Waals surface area (Å²) in [5.74, 6) is -0.0750. The minimum Gasteiger partial charge on any atom is -0.349 e. The number of benzene rings is 1. The summed E-state index contributed by atoms with van der Waals surface area (Å²) in [5.41, 5.74) is 3.36. The summed E-state index contributed by atoms with van der Waals surface area (Å²) in [7, 11) is 1.88. The van der Waals surface area contributed by atoms with E-state index in [2.05, 4.69) is 21.0 Å². The number of aryl methyl sites for hydroxylation is 2. The second-order valence-corrected chi connectivity index (χ2v) is 8.29. The van der Waals surface area contributed by atoms with Gasteiger partial charge in [-0.1, -0.05) is 12.8 Å². The fourth-order valence-corrected chi connectivity index (χ4v) is 4.45. The third kappa shape index (κ3) is 4.34. The predicted octanol–water partition coefficient (Wildman–Crippen LogP) is 2.34. The number of rotatable bonds is 5. The summed E-state index contributed by atoms with van der Waals surface area (Å²) in [5, 5.41) is 13.7. The highest BCUT2D eigenvalue weighted by molar-refractivity contribution is 5.97. The molecule has 154 valence electrons. The summed E-state index contributed by atoms with van der Waals surface area (Å²) < 4.78 is 1.77. The summed E-state index contributed by atoms with van der Waals surface area (Å²) in [6, 6.07) is 5.77. The van der Waals surface area contributed by atoms with E-state index in [9.17, 15) is 9.59 Å². The van der Waals surface area contributed by atoms with Crippen LogP contribution in [0.5, 0.6) is 0 Å². The van der Waals surface area contributed by atoms with Crippen molar-refractivity contribution in [1.82, 2.24) is 20.4 Å². The monoisotopic (exact) mass is 395 g/mol. The third-order valence-corrected chi connectivity index (χ3v) is 6.14. The van der Waals surface area contributed by atoms with Gasteiger partial charge in [0.05, 0.1) is 12.1 Å². The molecule has 1 aromatic carbocycles. The van der Waals surface area contributed by atoms with E-state index in [1.54, 1.807) is 10.7 Å². The van der Waals surface area contributed by atoms with Crippen molar-refractivity contribution in [3.63, 3.8) is 0 Å². The number of nitrogens with zero attached hydrogens (tertiary/aromatic N) is 2. The van der Waals surface area contributed by atoms with Crippen molar-refractivity contribution < 1.29 is 9.59 Å². The van der Waals surface area contributed by atoms with Gasteiger partial charge in [0.2, 0.25) is 5.91 Å². The Morgan fingerprint density at radius 2 is 2.00 bits per heavy atom. The van der Waals surface area contributed by atoms with Gasteiger partial charge in [-0.15, -0.1) is 0 Å². The normalized spacial score (nSPS) is 22.0. The minimum absolute atomic E-state index is 0.00453. The van der Waals surface area contributed by atoms with E-state index in [4.69, 9.17) is 0 Å². The van der Waals surface area contributed by atoms with Crippen LogP contribution >= 0.6 is 0 Å². The van der Waals surface area contributed by atoms with Gasteiger partial charge in [-0.05, 0) is 49.1 Å². The van der Waals surface area contributed by atoms with E-state index < -0.39 is 0 Å². The maximum atomic E-state index is 12.9. The van der Waals surface area contributed by atoms with E-state index in [1.807, 2.05) is 38.5 Å². The van der Waals surface area contributed by atoms with Gasteiger partial charge in [0.15, 0.2) is 0 Å². The van der Waals surface area contributed by atoms with Crippen LogP contribution < -0.4 is 16.0 Å². The molecule has 29 heavy (non-hydrogen) atoms. The average molecular weight is 396 g/mol. The number of carbonyl (C=O) groups is 2. The number of nitrogens with one attached hydrogen (secondary N) is 3. The summed E-state index contributed by atoms with van der Waals surface area (Å²) in [4.78, 5) is 25.4. The molecule has 2 aromatic rings. The smallest absolute Gasteiger partial charge is 0.251 e. The SMILES string of the molecule is Cc1cc(C(=O)NC2CCCC2)ccc1NC(=O)[C@H]1CNC[C@@H]1c1cnn(C)c1. The van der Waals surface area contributed by atoms with Crippen LogP contribution in [0.25, 0.3) is 0 Å². The zero-order chi connectivity index (χ0) is 20.4. The molecule has 0 spiro atoms. The van der Waals surface area contributed by atoms with Crippen molar-refractivity contribution in [3.8, 4) is 0 Å². The second kappa shape index (κ2) is 8.37. The molecule has 1 aliphatic carbocycles. The number of amides is 2. The first kappa shape index (κ1) is 19.6. The molecule has 7 heteroatoms. The topological polar surface area (TPSA) is 88.1 Å². The molecule has 2 aliphatic rings. The maximum Gasteiger partial charge on any atom is 0.251 e. The van der Waals surface area contributed by atoms with E-state index in [-0.39, 0.29) is 23.7 Å². The molecule has 2 atom stereocenters. The Hall–Kier alpha value is -2.67. The third-order valence-electron chi connectivity index (χ3n) is 6.14. The van der Waals surface area contributed by atoms with Crippen LogP contribution in [0.15, 0.2) is 30.6 Å². The van der Waals surface area contributed by atoms with Gasteiger partial charge < -0.3 is 16.0 Å². The lowest BCUT2D eigenvalue weighted by Crippen LogP contribution is -2.32. The molecule has 4 rings (SSSR count). The summed E-state index contributed by atoms with van der Waals surface area (Å²) in [6.07, 6.45) is 8.30. The Labute approximate surface area is 171 Å². The van der Waals surface area contributed by atoms with Crippen LogP contribution in [0.1, 0.15) is 53.1 Å². The molecule has 2 fully saturated rings. The highest BCUT2D eigenvalue weighted by Crippen LogP contribution is 2.29. The Kier molecular flexibility index (Phi) is 5.67. The van der Waals surface area contributed by atoms with Gasteiger partial charge in [-0.3, -0.25) is 14.3 Å². The average Bonchev–Trinajstić information content (AvgIpc) is 3.44. The molecule has 7 nitrogen and oxygen atoms in total. The highest BCUT2D eigenvalue weighted by atomic mass is 16.2. The molecule has 1 saturated carbocycles. The molecule has 2 amide bonds. The van der Waals surface area contributed by atoms with Crippen LogP contribution in [0.3, 0.4) is 0 Å². The van der Waals surface area contributed by atoms with Gasteiger partial charge in [-0.25, -0.2) is 0 Å². The molecule has 2 heterocycles. The molecular formula is C22H29N5O2. The van der Waals surface area contributed by atoms with Crippen molar-refractivity contribution in [1.29, 1.82) is 0 Å². The van der Waals surface area contributed by atoms with Crippen molar-refractivity contribution in [2.45, 2.75) is 44.6 Å². The number of aromatic nitrogens is 2. The van der Waals surface area contributed by atoms with Crippen molar-refractivity contribution in [2.24, 2.45) is 13.0 Å². The lowest BCUT2D eigenvalue weighted by molar-refractivity contribution is -0.119. The second-order valence-electron chi connectivity index (χ2n) is 8.29. The molecule has 3 N–H and O–H groups in total. The van der Waals surface area contributed by atoms with Gasteiger partial charge in [0, 0.05) is 49.5 Å². The van der Waals surface area contributed by atoms with E-state index >= 15 is 0 Å².